The summed E-state index contributed by atoms with van der Waals surface area (Å²) in [5.41, 5.74) is 9.76. The van der Waals surface area contributed by atoms with Crippen LogP contribution in [-0.2, 0) is 10.8 Å². The molecule has 0 unspecified atom stereocenters. The number of para-hydroxylation sites is 3. The Labute approximate surface area is 355 Å². The Morgan fingerprint density at radius 3 is 1.69 bits per heavy atom. The number of phenolic OH excluding ortho intramolecular Hbond substituents is 1. The topological polar surface area (TPSA) is 55.9 Å². The van der Waals surface area contributed by atoms with Gasteiger partial charge in [0.1, 0.15) is 17.2 Å². The summed E-state index contributed by atoms with van der Waals surface area (Å²) in [4.78, 5) is 11.1. The Hall–Kier alpha value is -7.24. The largest absolute Gasteiger partial charge is 0.507 e. The quantitative estimate of drug-likeness (QED) is 0.181. The van der Waals surface area contributed by atoms with Gasteiger partial charge in [-0.3, -0.25) is 9.13 Å². The van der Waals surface area contributed by atoms with Crippen LogP contribution in [0.5, 0.6) is 5.75 Å². The van der Waals surface area contributed by atoms with Crippen LogP contribution in [0.15, 0.2) is 164 Å². The third-order valence-corrected chi connectivity index (χ3v) is 12.5. The van der Waals surface area contributed by atoms with E-state index in [0.717, 1.165) is 66.7 Å². The van der Waals surface area contributed by atoms with Gasteiger partial charge in [0.05, 0.1) is 27.8 Å². The van der Waals surface area contributed by atoms with Crippen molar-refractivity contribution >= 4 is 65.3 Å². The monoisotopic (exact) mass is 790 g/mol. The predicted molar refractivity (Wildman–Crippen MR) is 256 cm³/mol. The van der Waals surface area contributed by atoms with E-state index >= 15 is 0 Å². The highest BCUT2D eigenvalue weighted by atomic mass is 16.3. The summed E-state index contributed by atoms with van der Waals surface area (Å²) in [6.45, 7) is 13.2. The number of fused-ring (bicyclic) bond motifs is 10. The van der Waals surface area contributed by atoms with Crippen molar-refractivity contribution in [1.29, 1.82) is 0 Å². The molecule has 1 N–H and O–H groups in total. The second kappa shape index (κ2) is 13.4. The summed E-state index contributed by atoms with van der Waals surface area (Å²) in [7, 11) is 0. The van der Waals surface area contributed by atoms with E-state index in [1.54, 1.807) is 0 Å². The first kappa shape index (κ1) is 36.8. The minimum absolute atomic E-state index is 0.177. The van der Waals surface area contributed by atoms with Gasteiger partial charge in [-0.25, -0.2) is 9.97 Å². The smallest absolute Gasteiger partial charge is 0.149 e. The number of aromatic nitrogens is 4. The lowest BCUT2D eigenvalue weighted by Crippen LogP contribution is -2.17. The van der Waals surface area contributed by atoms with Gasteiger partial charge in [-0.15, -0.1) is 0 Å². The summed E-state index contributed by atoms with van der Waals surface area (Å²) in [6, 6.07) is 58.1. The van der Waals surface area contributed by atoms with E-state index in [1.165, 1.54) is 32.3 Å². The van der Waals surface area contributed by atoms with Crippen molar-refractivity contribution in [1.82, 2.24) is 19.1 Å². The highest BCUT2D eigenvalue weighted by molar-refractivity contribution is 6.25. The fraction of sp³-hybridized carbons (Fsp3) is 0.143. The maximum Gasteiger partial charge on any atom is 0.149 e. The minimum atomic E-state index is -0.318. The van der Waals surface area contributed by atoms with E-state index in [0.29, 0.717) is 11.4 Å². The fourth-order valence-electron chi connectivity index (χ4n) is 9.42. The van der Waals surface area contributed by atoms with Crippen molar-refractivity contribution in [2.24, 2.45) is 0 Å². The zero-order chi connectivity index (χ0) is 41.8. The van der Waals surface area contributed by atoms with Crippen molar-refractivity contribution in [2.75, 3.05) is 0 Å². The van der Waals surface area contributed by atoms with Gasteiger partial charge in [0.25, 0.3) is 0 Å². The Kier molecular flexibility index (Phi) is 8.08. The van der Waals surface area contributed by atoms with Gasteiger partial charge in [0.2, 0.25) is 0 Å². The SMILES string of the molecule is CC(C)(C)c1cc(-c2nc3c(-c4ccc5c6ccccc6n(-c6ccccc6)c5n4)cccc3n2-c2ccc3c4ccccc4c4ccccc4c3c2)c(O)c(C(C)(C)C)c1. The first-order valence-corrected chi connectivity index (χ1v) is 21.1. The van der Waals surface area contributed by atoms with Crippen molar-refractivity contribution < 1.29 is 5.11 Å². The lowest BCUT2D eigenvalue weighted by Gasteiger charge is -2.27. The first-order valence-electron chi connectivity index (χ1n) is 21.1. The van der Waals surface area contributed by atoms with E-state index in [9.17, 15) is 5.11 Å². The molecule has 0 saturated carbocycles. The molecule has 11 rings (SSSR count). The van der Waals surface area contributed by atoms with E-state index < -0.39 is 0 Å². The molecule has 0 atom stereocenters. The second-order valence-corrected chi connectivity index (χ2v) is 18.4. The predicted octanol–water partition coefficient (Wildman–Crippen LogP) is 14.6. The van der Waals surface area contributed by atoms with E-state index in [2.05, 4.69) is 208 Å². The van der Waals surface area contributed by atoms with Crippen LogP contribution in [0.3, 0.4) is 0 Å². The summed E-state index contributed by atoms with van der Waals surface area (Å²) in [5.74, 6) is 0.934. The van der Waals surface area contributed by atoms with Crippen molar-refractivity contribution in [3.63, 3.8) is 0 Å². The molecule has 61 heavy (non-hydrogen) atoms. The molecule has 0 fully saturated rings. The zero-order valence-electron chi connectivity index (χ0n) is 35.3. The number of hydrogen-bond donors (Lipinski definition) is 1. The lowest BCUT2D eigenvalue weighted by molar-refractivity contribution is 0.446. The molecule has 11 aromatic rings. The van der Waals surface area contributed by atoms with Crippen LogP contribution in [0.2, 0.25) is 0 Å². The summed E-state index contributed by atoms with van der Waals surface area (Å²) in [5, 5.41) is 21.9. The van der Waals surface area contributed by atoms with Crippen molar-refractivity contribution in [3.8, 4) is 39.8 Å². The Morgan fingerprint density at radius 1 is 0.426 bits per heavy atom. The van der Waals surface area contributed by atoms with Crippen molar-refractivity contribution in [2.45, 2.75) is 52.4 Å². The Bertz CT molecular complexity index is 3520. The number of aromatic hydroxyl groups is 1. The third kappa shape index (κ3) is 5.75. The van der Waals surface area contributed by atoms with Crippen molar-refractivity contribution in [3.05, 3.63) is 175 Å². The molecule has 0 aliphatic heterocycles. The summed E-state index contributed by atoms with van der Waals surface area (Å²) < 4.78 is 4.50. The van der Waals surface area contributed by atoms with Crippen LogP contribution in [-0.4, -0.2) is 24.2 Å². The minimum Gasteiger partial charge on any atom is -0.507 e. The van der Waals surface area contributed by atoms with Crippen LogP contribution in [0, 0.1) is 0 Å². The molecular formula is C56H46N4O. The maximum atomic E-state index is 12.4. The number of imidazole rings is 1. The average molecular weight is 791 g/mol. The molecule has 5 nitrogen and oxygen atoms in total. The standard InChI is InChI=1S/C56H46N4O/c1-55(2,3)34-31-46(52(61)47(32-34)56(4,5)6)54-58-51-44(48-30-29-43-42-23-14-15-25-49(42)59(53(43)57-48)35-17-8-7-9-18-35)24-16-26-50(51)60(54)36-27-28-41-39-21-11-10-19-37(39)38-20-12-13-22-40(38)45(41)33-36/h7-33,61H,1-6H3. The molecule has 3 heterocycles. The van der Waals surface area contributed by atoms with Crippen LogP contribution >= 0.6 is 0 Å². The van der Waals surface area contributed by atoms with Gasteiger partial charge < -0.3 is 5.11 Å². The molecule has 0 radical (unpaired) electrons. The molecule has 0 amide bonds. The van der Waals surface area contributed by atoms with Gasteiger partial charge in [-0.1, -0.05) is 151 Å². The molecule has 3 aromatic heterocycles. The number of nitrogens with zero attached hydrogens (tertiary/aromatic N) is 4. The molecule has 0 aliphatic carbocycles. The zero-order valence-corrected chi connectivity index (χ0v) is 35.3. The van der Waals surface area contributed by atoms with Crippen LogP contribution < -0.4 is 0 Å². The van der Waals surface area contributed by atoms with Gasteiger partial charge in [-0.05, 0) is 103 Å². The number of benzene rings is 8. The van der Waals surface area contributed by atoms with Gasteiger partial charge in [-0.2, -0.15) is 0 Å². The molecular weight excluding hydrogens is 745 g/mol. The van der Waals surface area contributed by atoms with Crippen LogP contribution in [0.4, 0.5) is 0 Å². The molecule has 5 heteroatoms. The number of pyridine rings is 1. The number of rotatable bonds is 4. The van der Waals surface area contributed by atoms with E-state index in [1.807, 2.05) is 6.07 Å². The normalized spacial score (nSPS) is 12.5. The van der Waals surface area contributed by atoms with Gasteiger partial charge >= 0.3 is 0 Å². The molecule has 0 aliphatic rings. The first-order chi connectivity index (χ1) is 29.5. The van der Waals surface area contributed by atoms with Gasteiger partial charge in [0.15, 0.2) is 0 Å². The van der Waals surface area contributed by atoms with Crippen LogP contribution in [0.25, 0.3) is 99.3 Å². The Morgan fingerprint density at radius 2 is 1.02 bits per heavy atom. The number of hydrogen-bond acceptors (Lipinski definition) is 3. The van der Waals surface area contributed by atoms with E-state index in [4.69, 9.17) is 9.97 Å². The fourth-order valence-corrected chi connectivity index (χ4v) is 9.42. The van der Waals surface area contributed by atoms with E-state index in [-0.39, 0.29) is 16.6 Å². The number of phenols is 1. The lowest BCUT2D eigenvalue weighted by atomic mass is 9.79. The molecule has 0 bridgehead atoms. The Balaban J connectivity index is 1.23. The molecule has 8 aromatic carbocycles. The third-order valence-electron chi connectivity index (χ3n) is 12.5. The maximum absolute atomic E-state index is 12.4. The summed E-state index contributed by atoms with van der Waals surface area (Å²) in [6.07, 6.45) is 0. The molecule has 0 saturated heterocycles. The molecule has 0 spiro atoms. The second-order valence-electron chi connectivity index (χ2n) is 18.4. The average Bonchev–Trinajstić information content (AvgIpc) is 3.82. The van der Waals surface area contributed by atoms with Crippen LogP contribution in [0.1, 0.15) is 52.7 Å². The summed E-state index contributed by atoms with van der Waals surface area (Å²) >= 11 is 0. The highest BCUT2D eigenvalue weighted by Crippen LogP contribution is 2.45. The van der Waals surface area contributed by atoms with Gasteiger partial charge in [0, 0.05) is 33.3 Å². The molecule has 296 valence electrons. The highest BCUT2D eigenvalue weighted by Gasteiger charge is 2.29.